The number of thioether (sulfide) groups is 1. The highest BCUT2D eigenvalue weighted by atomic mass is 35.5. The van der Waals surface area contributed by atoms with Crippen LogP contribution >= 0.6 is 23.4 Å². The molecular weight excluding hydrogens is 372 g/mol. The average molecular weight is 387 g/mol. The lowest BCUT2D eigenvalue weighted by molar-refractivity contribution is -0.115. The summed E-state index contributed by atoms with van der Waals surface area (Å²) < 4.78 is 0. The van der Waals surface area contributed by atoms with E-state index in [1.165, 1.54) is 23.9 Å². The Morgan fingerprint density at radius 2 is 1.81 bits per heavy atom. The monoisotopic (exact) mass is 386 g/mol. The summed E-state index contributed by atoms with van der Waals surface area (Å²) in [4.78, 5) is 28.4. The summed E-state index contributed by atoms with van der Waals surface area (Å²) in [5, 5.41) is 12.9. The second-order valence-electron chi connectivity index (χ2n) is 5.74. The zero-order valence-corrected chi connectivity index (χ0v) is 15.6. The molecule has 0 aliphatic carbocycles. The van der Waals surface area contributed by atoms with Gasteiger partial charge in [0.05, 0.1) is 16.2 Å². The van der Waals surface area contributed by atoms with Gasteiger partial charge in [-0.25, -0.2) is 9.79 Å². The molecule has 5 nitrogen and oxygen atoms in total. The maximum atomic E-state index is 12.3. The smallest absolute Gasteiger partial charge is 0.335 e. The van der Waals surface area contributed by atoms with Crippen molar-refractivity contribution < 1.29 is 14.7 Å². The zero-order valence-electron chi connectivity index (χ0n) is 14.0. The quantitative estimate of drug-likeness (QED) is 0.754. The summed E-state index contributed by atoms with van der Waals surface area (Å²) in [6.45, 7) is 3.70. The minimum Gasteiger partial charge on any atom is -0.478 e. The number of nitrogens with zero attached hydrogens (tertiary/aromatic N) is 1. The highest BCUT2D eigenvalue weighted by Gasteiger charge is 2.26. The Labute approximate surface area is 159 Å². The third kappa shape index (κ3) is 3.81. The molecule has 0 aromatic heterocycles. The number of amides is 1. The number of hydrogen-bond acceptors (Lipinski definition) is 4. The fraction of sp³-hybridized carbons (Fsp3) is 0.105. The van der Waals surface area contributed by atoms with Gasteiger partial charge >= 0.3 is 5.97 Å². The van der Waals surface area contributed by atoms with E-state index < -0.39 is 5.97 Å². The Morgan fingerprint density at radius 3 is 2.46 bits per heavy atom. The predicted octanol–water partition coefficient (Wildman–Crippen LogP) is 4.63. The van der Waals surface area contributed by atoms with E-state index in [1.54, 1.807) is 18.2 Å². The van der Waals surface area contributed by atoms with Crippen molar-refractivity contribution in [1.82, 2.24) is 5.32 Å². The van der Waals surface area contributed by atoms with E-state index in [4.69, 9.17) is 16.7 Å². The van der Waals surface area contributed by atoms with Crippen molar-refractivity contribution in [3.05, 3.63) is 69.1 Å². The zero-order chi connectivity index (χ0) is 18.8. The van der Waals surface area contributed by atoms with Crippen LogP contribution in [-0.4, -0.2) is 22.2 Å². The van der Waals surface area contributed by atoms with Crippen LogP contribution in [0.3, 0.4) is 0 Å². The molecule has 0 saturated carbocycles. The van der Waals surface area contributed by atoms with Gasteiger partial charge in [-0.05, 0) is 66.6 Å². The predicted molar refractivity (Wildman–Crippen MR) is 105 cm³/mol. The van der Waals surface area contributed by atoms with Crippen LogP contribution < -0.4 is 5.32 Å². The van der Waals surface area contributed by atoms with Crippen LogP contribution in [0.5, 0.6) is 0 Å². The first-order valence-electron chi connectivity index (χ1n) is 7.74. The Bertz CT molecular complexity index is 965. The van der Waals surface area contributed by atoms with Gasteiger partial charge in [0.25, 0.3) is 5.91 Å². The number of rotatable bonds is 3. The summed E-state index contributed by atoms with van der Waals surface area (Å²) in [6, 6.07) is 12.0. The summed E-state index contributed by atoms with van der Waals surface area (Å²) in [6.07, 6.45) is 0. The molecule has 1 fully saturated rings. The minimum atomic E-state index is -1.02. The molecule has 1 heterocycles. The molecule has 2 aromatic carbocycles. The Balaban J connectivity index is 1.93. The molecule has 1 aliphatic heterocycles. The standard InChI is InChI=1S/C19H15ClN2O3S/c1-10-3-4-13(18(24)25)9-15(10)21-19-22-17(23)16(26-19)11(2)12-5-7-14(20)8-6-12/h3-9H,1-2H3,(H,24,25)(H,21,22,23)/b16-11-. The molecular formula is C19H15ClN2O3S. The molecule has 2 aromatic rings. The number of nitrogens with one attached hydrogen (secondary N) is 1. The Morgan fingerprint density at radius 1 is 1.15 bits per heavy atom. The molecule has 7 heteroatoms. The maximum absolute atomic E-state index is 12.3. The number of allylic oxidation sites excluding steroid dienone is 1. The van der Waals surface area contributed by atoms with Gasteiger partial charge in [0.2, 0.25) is 0 Å². The van der Waals surface area contributed by atoms with Crippen molar-refractivity contribution in [1.29, 1.82) is 0 Å². The lowest BCUT2D eigenvalue weighted by atomic mass is 10.1. The van der Waals surface area contributed by atoms with Crippen LogP contribution in [0, 0.1) is 6.92 Å². The van der Waals surface area contributed by atoms with Crippen molar-refractivity contribution in [2.24, 2.45) is 4.99 Å². The van der Waals surface area contributed by atoms with E-state index in [9.17, 15) is 9.59 Å². The molecule has 1 aliphatic rings. The highest BCUT2D eigenvalue weighted by Crippen LogP contribution is 2.33. The van der Waals surface area contributed by atoms with Gasteiger partial charge in [0.1, 0.15) is 0 Å². The molecule has 0 bridgehead atoms. The van der Waals surface area contributed by atoms with Crippen LogP contribution in [0.4, 0.5) is 5.69 Å². The number of halogens is 1. The van der Waals surface area contributed by atoms with Crippen LogP contribution in [0.2, 0.25) is 5.02 Å². The molecule has 132 valence electrons. The molecule has 1 saturated heterocycles. The van der Waals surface area contributed by atoms with E-state index in [2.05, 4.69) is 10.3 Å². The van der Waals surface area contributed by atoms with Gasteiger partial charge in [-0.2, -0.15) is 0 Å². The van der Waals surface area contributed by atoms with Gasteiger partial charge in [0.15, 0.2) is 5.17 Å². The van der Waals surface area contributed by atoms with Crippen LogP contribution in [-0.2, 0) is 4.79 Å². The molecule has 26 heavy (non-hydrogen) atoms. The lowest BCUT2D eigenvalue weighted by Crippen LogP contribution is -2.19. The van der Waals surface area contributed by atoms with Gasteiger partial charge in [0, 0.05) is 5.02 Å². The van der Waals surface area contributed by atoms with Crippen molar-refractivity contribution in [3.63, 3.8) is 0 Å². The molecule has 0 unspecified atom stereocenters. The van der Waals surface area contributed by atoms with E-state index in [-0.39, 0.29) is 11.5 Å². The van der Waals surface area contributed by atoms with Gasteiger partial charge < -0.3 is 10.4 Å². The van der Waals surface area contributed by atoms with Gasteiger partial charge in [-0.15, -0.1) is 0 Å². The number of carboxylic acid groups (broad SMARTS) is 1. The summed E-state index contributed by atoms with van der Waals surface area (Å²) in [5.74, 6) is -1.25. The van der Waals surface area contributed by atoms with Gasteiger partial charge in [-0.1, -0.05) is 29.8 Å². The first-order valence-corrected chi connectivity index (χ1v) is 8.93. The molecule has 0 atom stereocenters. The first-order chi connectivity index (χ1) is 12.3. The number of aromatic carboxylic acids is 1. The van der Waals surface area contributed by atoms with E-state index in [1.807, 2.05) is 26.0 Å². The average Bonchev–Trinajstić information content (AvgIpc) is 2.97. The van der Waals surface area contributed by atoms with E-state index in [0.717, 1.165) is 16.7 Å². The Hall–Kier alpha value is -2.57. The van der Waals surface area contributed by atoms with Crippen molar-refractivity contribution >= 4 is 51.7 Å². The molecule has 3 rings (SSSR count). The topological polar surface area (TPSA) is 78.8 Å². The number of carbonyl (C=O) groups is 2. The largest absolute Gasteiger partial charge is 0.478 e. The second kappa shape index (κ2) is 7.35. The number of carboxylic acids is 1. The van der Waals surface area contributed by atoms with E-state index in [0.29, 0.717) is 20.8 Å². The summed E-state index contributed by atoms with van der Waals surface area (Å²) in [7, 11) is 0. The molecule has 1 amide bonds. The highest BCUT2D eigenvalue weighted by molar-refractivity contribution is 8.18. The lowest BCUT2D eigenvalue weighted by Gasteiger charge is -2.04. The van der Waals surface area contributed by atoms with Crippen molar-refractivity contribution in [2.45, 2.75) is 13.8 Å². The third-order valence-corrected chi connectivity index (χ3v) is 5.26. The number of amidine groups is 1. The molecule has 2 N–H and O–H groups in total. The van der Waals surface area contributed by atoms with Crippen LogP contribution in [0.25, 0.3) is 5.57 Å². The third-order valence-electron chi connectivity index (χ3n) is 3.92. The fourth-order valence-electron chi connectivity index (χ4n) is 2.42. The fourth-order valence-corrected chi connectivity index (χ4v) is 3.45. The van der Waals surface area contributed by atoms with Crippen molar-refractivity contribution in [3.8, 4) is 0 Å². The summed E-state index contributed by atoms with van der Waals surface area (Å²) in [5.41, 5.74) is 3.21. The summed E-state index contributed by atoms with van der Waals surface area (Å²) >= 11 is 7.14. The van der Waals surface area contributed by atoms with Crippen molar-refractivity contribution in [2.75, 3.05) is 0 Å². The molecule has 0 spiro atoms. The maximum Gasteiger partial charge on any atom is 0.335 e. The van der Waals surface area contributed by atoms with Crippen LogP contribution in [0.1, 0.15) is 28.4 Å². The SMILES string of the molecule is C/C(=C1/SC(=Nc2cc(C(=O)O)ccc2C)NC1=O)c1ccc(Cl)cc1. The number of carbonyl (C=O) groups excluding carboxylic acids is 1. The van der Waals surface area contributed by atoms with Gasteiger partial charge in [-0.3, -0.25) is 4.79 Å². The Kier molecular flexibility index (Phi) is 5.15. The number of aliphatic imine (C=N–C) groups is 1. The minimum absolute atomic E-state index is 0.150. The molecule has 0 radical (unpaired) electrons. The first kappa shape index (κ1) is 18.2. The number of aryl methyl sites for hydroxylation is 1. The van der Waals surface area contributed by atoms with E-state index >= 15 is 0 Å². The normalized spacial score (nSPS) is 17.3. The van der Waals surface area contributed by atoms with Crippen LogP contribution in [0.15, 0.2) is 52.4 Å². The second-order valence-corrected chi connectivity index (χ2v) is 7.18. The number of benzene rings is 2. The number of hydrogen-bond donors (Lipinski definition) is 2.